The average molecular weight is 325 g/mol. The van der Waals surface area contributed by atoms with Gasteiger partial charge in [-0.25, -0.2) is 0 Å². The summed E-state index contributed by atoms with van der Waals surface area (Å²) in [5.41, 5.74) is 5.34. The fraction of sp³-hybridized carbons (Fsp3) is 0.300. The van der Waals surface area contributed by atoms with Gasteiger partial charge in [0.05, 0.1) is 0 Å². The Morgan fingerprint density at radius 2 is 1.70 bits per heavy atom. The molecule has 1 aromatic heterocycles. The first-order valence-electron chi connectivity index (χ1n) is 8.35. The van der Waals surface area contributed by atoms with Gasteiger partial charge in [0.25, 0.3) is 0 Å². The zero-order valence-electron chi connectivity index (χ0n) is 13.2. The minimum atomic E-state index is 0.796. The molecule has 0 spiro atoms. The molecule has 1 N–H and O–H groups in total. The molecule has 0 aliphatic carbocycles. The highest BCUT2D eigenvalue weighted by Gasteiger charge is 2.17. The van der Waals surface area contributed by atoms with Crippen LogP contribution in [0, 0.1) is 0 Å². The number of hydrogen-bond donors (Lipinski definition) is 1. The van der Waals surface area contributed by atoms with Crippen molar-refractivity contribution in [1.82, 2.24) is 9.88 Å². The summed E-state index contributed by atoms with van der Waals surface area (Å²) in [5.74, 6) is 0. The van der Waals surface area contributed by atoms with Crippen LogP contribution in [-0.2, 0) is 13.0 Å². The third-order valence-corrected chi connectivity index (χ3v) is 5.03. The predicted octanol–water partition coefficient (Wildman–Crippen LogP) is 5.01. The fourth-order valence-electron chi connectivity index (χ4n) is 3.56. The van der Waals surface area contributed by atoms with Crippen LogP contribution in [-0.4, -0.2) is 23.0 Å². The third kappa shape index (κ3) is 3.15. The lowest BCUT2D eigenvalue weighted by atomic mass is 10.0. The van der Waals surface area contributed by atoms with E-state index in [-0.39, 0.29) is 0 Å². The van der Waals surface area contributed by atoms with Crippen molar-refractivity contribution in [3.63, 3.8) is 0 Å². The van der Waals surface area contributed by atoms with Crippen molar-refractivity contribution in [2.75, 3.05) is 13.1 Å². The molecule has 0 atom stereocenters. The van der Waals surface area contributed by atoms with E-state index in [0.29, 0.717) is 0 Å². The normalized spacial score (nSPS) is 15.5. The number of rotatable bonds is 4. The van der Waals surface area contributed by atoms with Crippen molar-refractivity contribution < 1.29 is 0 Å². The van der Waals surface area contributed by atoms with Crippen LogP contribution in [0.3, 0.4) is 0 Å². The minimum Gasteiger partial charge on any atom is -0.357 e. The van der Waals surface area contributed by atoms with E-state index in [0.717, 1.165) is 18.0 Å². The minimum absolute atomic E-state index is 0.796. The lowest BCUT2D eigenvalue weighted by Gasteiger charge is -2.15. The molecule has 2 heterocycles. The number of halogens is 1. The Morgan fingerprint density at radius 1 is 0.957 bits per heavy atom. The molecule has 4 rings (SSSR count). The summed E-state index contributed by atoms with van der Waals surface area (Å²) in [6, 6.07) is 16.8. The van der Waals surface area contributed by atoms with Crippen molar-refractivity contribution in [1.29, 1.82) is 0 Å². The van der Waals surface area contributed by atoms with Gasteiger partial charge in [-0.05, 0) is 61.7 Å². The topological polar surface area (TPSA) is 19.0 Å². The molecule has 0 saturated carbocycles. The molecular weight excluding hydrogens is 304 g/mol. The van der Waals surface area contributed by atoms with E-state index in [2.05, 4.69) is 46.3 Å². The van der Waals surface area contributed by atoms with Gasteiger partial charge in [0.2, 0.25) is 0 Å². The van der Waals surface area contributed by atoms with Crippen LogP contribution in [0.1, 0.15) is 29.7 Å². The van der Waals surface area contributed by atoms with Crippen LogP contribution >= 0.6 is 11.6 Å². The number of aromatic amines is 1. The maximum Gasteiger partial charge on any atom is 0.0459 e. The second-order valence-electron chi connectivity index (χ2n) is 6.41. The number of aromatic nitrogens is 1. The molecule has 0 amide bonds. The fourth-order valence-corrected chi connectivity index (χ4v) is 3.69. The highest BCUT2D eigenvalue weighted by atomic mass is 35.5. The molecule has 118 valence electrons. The van der Waals surface area contributed by atoms with Crippen molar-refractivity contribution in [2.24, 2.45) is 0 Å². The van der Waals surface area contributed by atoms with E-state index in [1.54, 1.807) is 0 Å². The van der Waals surface area contributed by atoms with E-state index in [1.807, 2.05) is 12.1 Å². The Morgan fingerprint density at radius 3 is 2.48 bits per heavy atom. The van der Waals surface area contributed by atoms with Gasteiger partial charge in [0, 0.05) is 28.2 Å². The highest BCUT2D eigenvalue weighted by Crippen LogP contribution is 2.27. The standard InChI is InChI=1S/C20H21ClN2/c21-16-9-7-15(8-10-16)13-18-17-5-1-2-6-19(17)22-20(18)14-23-11-3-4-12-23/h1-2,5-10,22H,3-4,11-14H2. The highest BCUT2D eigenvalue weighted by molar-refractivity contribution is 6.30. The Hall–Kier alpha value is -1.77. The number of hydrogen-bond acceptors (Lipinski definition) is 1. The lowest BCUT2D eigenvalue weighted by Crippen LogP contribution is -2.19. The summed E-state index contributed by atoms with van der Waals surface area (Å²) in [5, 5.41) is 2.14. The van der Waals surface area contributed by atoms with Crippen molar-refractivity contribution >= 4 is 22.5 Å². The van der Waals surface area contributed by atoms with Gasteiger partial charge in [-0.2, -0.15) is 0 Å². The Kier molecular flexibility index (Phi) is 4.11. The molecule has 3 aromatic rings. The van der Waals surface area contributed by atoms with Gasteiger partial charge >= 0.3 is 0 Å². The van der Waals surface area contributed by atoms with E-state index in [4.69, 9.17) is 11.6 Å². The third-order valence-electron chi connectivity index (χ3n) is 4.78. The average Bonchev–Trinajstić information content (AvgIpc) is 3.19. The summed E-state index contributed by atoms with van der Waals surface area (Å²) < 4.78 is 0. The van der Waals surface area contributed by atoms with E-state index >= 15 is 0 Å². The van der Waals surface area contributed by atoms with Gasteiger partial charge in [-0.1, -0.05) is 41.9 Å². The van der Waals surface area contributed by atoms with Crippen LogP contribution in [0.15, 0.2) is 48.5 Å². The first kappa shape index (κ1) is 14.8. The van der Waals surface area contributed by atoms with Crippen LogP contribution in [0.4, 0.5) is 0 Å². The summed E-state index contributed by atoms with van der Waals surface area (Å²) in [4.78, 5) is 6.21. The van der Waals surface area contributed by atoms with E-state index in [9.17, 15) is 0 Å². The number of benzene rings is 2. The smallest absolute Gasteiger partial charge is 0.0459 e. The molecule has 0 radical (unpaired) electrons. The molecule has 1 aliphatic rings. The first-order valence-corrected chi connectivity index (χ1v) is 8.73. The van der Waals surface area contributed by atoms with Gasteiger partial charge in [0.1, 0.15) is 0 Å². The molecule has 0 bridgehead atoms. The van der Waals surface area contributed by atoms with E-state index < -0.39 is 0 Å². The molecule has 2 aromatic carbocycles. The SMILES string of the molecule is Clc1ccc(Cc2c(CN3CCCC3)[nH]c3ccccc23)cc1. The lowest BCUT2D eigenvalue weighted by molar-refractivity contribution is 0.327. The van der Waals surface area contributed by atoms with Crippen LogP contribution in [0.25, 0.3) is 10.9 Å². The predicted molar refractivity (Wildman–Crippen MR) is 97.1 cm³/mol. The quantitative estimate of drug-likeness (QED) is 0.715. The number of likely N-dealkylation sites (tertiary alicyclic amines) is 1. The van der Waals surface area contributed by atoms with Gasteiger partial charge in [-0.15, -0.1) is 0 Å². The van der Waals surface area contributed by atoms with Gasteiger partial charge < -0.3 is 4.98 Å². The van der Waals surface area contributed by atoms with Gasteiger partial charge in [-0.3, -0.25) is 4.90 Å². The zero-order chi connectivity index (χ0) is 15.6. The summed E-state index contributed by atoms with van der Waals surface area (Å²) in [6.07, 6.45) is 3.60. The number of para-hydroxylation sites is 1. The molecule has 1 aliphatic heterocycles. The molecular formula is C20H21ClN2. The summed E-state index contributed by atoms with van der Waals surface area (Å²) >= 11 is 6.02. The second-order valence-corrected chi connectivity index (χ2v) is 6.85. The first-order chi connectivity index (χ1) is 11.3. The Balaban J connectivity index is 1.71. The number of nitrogens with zero attached hydrogens (tertiary/aromatic N) is 1. The summed E-state index contributed by atoms with van der Waals surface area (Å²) in [6.45, 7) is 3.46. The van der Waals surface area contributed by atoms with Gasteiger partial charge in [0.15, 0.2) is 0 Å². The number of H-pyrrole nitrogens is 1. The van der Waals surface area contributed by atoms with E-state index in [1.165, 1.54) is 53.7 Å². The molecule has 1 saturated heterocycles. The molecule has 1 fully saturated rings. The molecule has 3 heteroatoms. The Labute approximate surface area is 142 Å². The number of fused-ring (bicyclic) bond motifs is 1. The van der Waals surface area contributed by atoms with Crippen molar-refractivity contribution in [3.05, 3.63) is 70.4 Å². The largest absolute Gasteiger partial charge is 0.357 e. The van der Waals surface area contributed by atoms with Crippen LogP contribution in [0.5, 0.6) is 0 Å². The maximum absolute atomic E-state index is 6.02. The second kappa shape index (κ2) is 6.38. The monoisotopic (exact) mass is 324 g/mol. The number of nitrogens with one attached hydrogen (secondary N) is 1. The van der Waals surface area contributed by atoms with Crippen LogP contribution < -0.4 is 0 Å². The summed E-state index contributed by atoms with van der Waals surface area (Å²) in [7, 11) is 0. The Bertz CT molecular complexity index is 798. The zero-order valence-corrected chi connectivity index (χ0v) is 13.9. The van der Waals surface area contributed by atoms with Crippen molar-refractivity contribution in [3.8, 4) is 0 Å². The molecule has 0 unspecified atom stereocenters. The molecule has 23 heavy (non-hydrogen) atoms. The van der Waals surface area contributed by atoms with Crippen molar-refractivity contribution in [2.45, 2.75) is 25.8 Å². The van der Waals surface area contributed by atoms with Crippen LogP contribution in [0.2, 0.25) is 5.02 Å². The maximum atomic E-state index is 6.02. The molecule has 2 nitrogen and oxygen atoms in total.